The zero-order valence-electron chi connectivity index (χ0n) is 11.3. The molecule has 104 valence electrons. The molecule has 4 heteroatoms. The van der Waals surface area contributed by atoms with E-state index in [9.17, 15) is 0 Å². The number of halogens is 1. The van der Waals surface area contributed by atoms with E-state index in [-0.39, 0.29) is 0 Å². The largest absolute Gasteiger partial charge is 0.351 e. The van der Waals surface area contributed by atoms with Crippen LogP contribution >= 0.6 is 11.6 Å². The summed E-state index contributed by atoms with van der Waals surface area (Å²) in [6, 6.07) is 10.5. The predicted octanol–water partition coefficient (Wildman–Crippen LogP) is 3.15. The maximum absolute atomic E-state index is 6.44. The van der Waals surface area contributed by atoms with Gasteiger partial charge in [-0.3, -0.25) is 0 Å². The summed E-state index contributed by atoms with van der Waals surface area (Å²) in [5.41, 5.74) is 9.47. The highest BCUT2D eigenvalue weighted by Crippen LogP contribution is 2.30. The average Bonchev–Trinajstić information content (AvgIpc) is 2.69. The molecule has 0 aliphatic carbocycles. The van der Waals surface area contributed by atoms with Crippen LogP contribution in [0.25, 0.3) is 0 Å². The molecule has 1 aromatic heterocycles. The molecule has 2 aromatic rings. The monoisotopic (exact) mass is 287 g/mol. The highest BCUT2D eigenvalue weighted by Gasteiger charge is 2.18. The maximum atomic E-state index is 6.44. The van der Waals surface area contributed by atoms with Crippen LogP contribution < -0.4 is 10.6 Å². The molecule has 0 atom stereocenters. The Bertz CT molecular complexity index is 612. The highest BCUT2D eigenvalue weighted by atomic mass is 35.5. The molecular weight excluding hydrogens is 270 g/mol. The molecule has 1 aliphatic rings. The molecule has 2 N–H and O–H groups in total. The number of nitrogens with zero attached hydrogens (tertiary/aromatic N) is 2. The van der Waals surface area contributed by atoms with Crippen LogP contribution in [0.1, 0.15) is 23.1 Å². The van der Waals surface area contributed by atoms with Crippen LogP contribution in [0, 0.1) is 0 Å². The summed E-state index contributed by atoms with van der Waals surface area (Å²) in [5, 5.41) is 0.689. The minimum Gasteiger partial charge on any atom is -0.351 e. The predicted molar refractivity (Wildman–Crippen MR) is 83.0 cm³/mol. The summed E-state index contributed by atoms with van der Waals surface area (Å²) in [4.78, 5) is 6.72. The van der Waals surface area contributed by atoms with E-state index in [4.69, 9.17) is 17.3 Å². The summed E-state index contributed by atoms with van der Waals surface area (Å²) < 4.78 is 0. The van der Waals surface area contributed by atoms with Gasteiger partial charge in [-0.1, -0.05) is 35.9 Å². The zero-order valence-corrected chi connectivity index (χ0v) is 12.1. The van der Waals surface area contributed by atoms with E-state index in [0.717, 1.165) is 37.3 Å². The molecule has 1 aliphatic heterocycles. The summed E-state index contributed by atoms with van der Waals surface area (Å²) in [6.07, 6.45) is 4.02. The molecule has 3 nitrogen and oxygen atoms in total. The maximum Gasteiger partial charge on any atom is 0.147 e. The number of anilines is 1. The van der Waals surface area contributed by atoms with E-state index in [2.05, 4.69) is 34.1 Å². The number of nitrogens with two attached hydrogens (primary N) is 1. The third kappa shape index (κ3) is 2.51. The van der Waals surface area contributed by atoms with Crippen LogP contribution in [0.3, 0.4) is 0 Å². The molecule has 0 fully saturated rings. The van der Waals surface area contributed by atoms with Gasteiger partial charge in [-0.05, 0) is 35.6 Å². The van der Waals surface area contributed by atoms with Gasteiger partial charge in [0, 0.05) is 25.8 Å². The second kappa shape index (κ2) is 5.81. The molecule has 0 unspecified atom stereocenters. The summed E-state index contributed by atoms with van der Waals surface area (Å²) >= 11 is 6.44. The standard InChI is InChI=1S/C16H18ClN3/c17-15-13(10-18)7-8-19-16(15)20-9-3-6-12-4-1-2-5-14(12)11-20/h1-2,4-5,7-8H,3,6,9-11,18H2. The summed E-state index contributed by atoms with van der Waals surface area (Å²) in [6.45, 7) is 2.27. The Labute approximate surface area is 124 Å². The number of hydrogen-bond donors (Lipinski definition) is 1. The van der Waals surface area contributed by atoms with E-state index < -0.39 is 0 Å². The molecule has 3 rings (SSSR count). The van der Waals surface area contributed by atoms with Crippen molar-refractivity contribution in [3.05, 3.63) is 58.2 Å². The fourth-order valence-corrected chi connectivity index (χ4v) is 3.04. The van der Waals surface area contributed by atoms with Crippen molar-refractivity contribution in [1.29, 1.82) is 0 Å². The molecule has 0 radical (unpaired) electrons. The first kappa shape index (κ1) is 13.4. The van der Waals surface area contributed by atoms with Crippen LogP contribution in [-0.2, 0) is 19.5 Å². The zero-order chi connectivity index (χ0) is 13.9. The average molecular weight is 288 g/mol. The Morgan fingerprint density at radius 1 is 1.20 bits per heavy atom. The van der Waals surface area contributed by atoms with E-state index >= 15 is 0 Å². The molecule has 0 saturated carbocycles. The molecular formula is C16H18ClN3. The fourth-order valence-electron chi connectivity index (χ4n) is 2.73. The number of rotatable bonds is 2. The minimum atomic E-state index is 0.443. The van der Waals surface area contributed by atoms with E-state index in [0.29, 0.717) is 11.6 Å². The van der Waals surface area contributed by atoms with Crippen molar-refractivity contribution in [3.63, 3.8) is 0 Å². The molecule has 0 amide bonds. The second-order valence-electron chi connectivity index (χ2n) is 5.11. The lowest BCUT2D eigenvalue weighted by Gasteiger charge is -2.23. The number of hydrogen-bond acceptors (Lipinski definition) is 3. The van der Waals surface area contributed by atoms with Crippen LogP contribution in [-0.4, -0.2) is 11.5 Å². The van der Waals surface area contributed by atoms with Crippen molar-refractivity contribution in [2.45, 2.75) is 25.9 Å². The lowest BCUT2D eigenvalue weighted by molar-refractivity contribution is 0.753. The number of fused-ring (bicyclic) bond motifs is 1. The van der Waals surface area contributed by atoms with E-state index in [1.807, 2.05) is 6.07 Å². The van der Waals surface area contributed by atoms with Crippen molar-refractivity contribution in [1.82, 2.24) is 4.98 Å². The van der Waals surface area contributed by atoms with Gasteiger partial charge in [-0.15, -0.1) is 0 Å². The highest BCUT2D eigenvalue weighted by molar-refractivity contribution is 6.33. The van der Waals surface area contributed by atoms with Crippen molar-refractivity contribution in [3.8, 4) is 0 Å². The summed E-state index contributed by atoms with van der Waals surface area (Å²) in [5.74, 6) is 0.853. The fraction of sp³-hybridized carbons (Fsp3) is 0.312. The molecule has 0 saturated heterocycles. The topological polar surface area (TPSA) is 42.1 Å². The normalized spacial score (nSPS) is 14.8. The first-order valence-corrected chi connectivity index (χ1v) is 7.32. The summed E-state index contributed by atoms with van der Waals surface area (Å²) in [7, 11) is 0. The number of aryl methyl sites for hydroxylation is 1. The van der Waals surface area contributed by atoms with Crippen molar-refractivity contribution in [2.75, 3.05) is 11.4 Å². The first-order chi connectivity index (χ1) is 9.79. The number of aromatic nitrogens is 1. The van der Waals surface area contributed by atoms with Gasteiger partial charge in [0.05, 0.1) is 5.02 Å². The van der Waals surface area contributed by atoms with Crippen molar-refractivity contribution < 1.29 is 0 Å². The first-order valence-electron chi connectivity index (χ1n) is 6.95. The number of pyridine rings is 1. The van der Waals surface area contributed by atoms with Crippen LogP contribution in [0.4, 0.5) is 5.82 Å². The Kier molecular flexibility index (Phi) is 3.90. The van der Waals surface area contributed by atoms with Crippen LogP contribution in [0.2, 0.25) is 5.02 Å². The van der Waals surface area contributed by atoms with Gasteiger partial charge in [0.15, 0.2) is 0 Å². The molecule has 2 heterocycles. The lowest BCUT2D eigenvalue weighted by Crippen LogP contribution is -2.24. The van der Waals surface area contributed by atoms with Gasteiger partial charge in [0.2, 0.25) is 0 Å². The van der Waals surface area contributed by atoms with E-state index in [1.165, 1.54) is 11.1 Å². The van der Waals surface area contributed by atoms with Crippen LogP contribution in [0.15, 0.2) is 36.5 Å². The van der Waals surface area contributed by atoms with Crippen molar-refractivity contribution in [2.24, 2.45) is 5.73 Å². The minimum absolute atomic E-state index is 0.443. The molecule has 1 aromatic carbocycles. The Morgan fingerprint density at radius 3 is 2.80 bits per heavy atom. The van der Waals surface area contributed by atoms with Gasteiger partial charge in [-0.25, -0.2) is 4.98 Å². The van der Waals surface area contributed by atoms with Gasteiger partial charge in [-0.2, -0.15) is 0 Å². The third-order valence-corrected chi connectivity index (χ3v) is 4.24. The smallest absolute Gasteiger partial charge is 0.147 e. The van der Waals surface area contributed by atoms with Gasteiger partial charge < -0.3 is 10.6 Å². The second-order valence-corrected chi connectivity index (χ2v) is 5.48. The number of benzene rings is 1. The van der Waals surface area contributed by atoms with E-state index in [1.54, 1.807) is 6.20 Å². The Balaban J connectivity index is 1.95. The Morgan fingerprint density at radius 2 is 2.00 bits per heavy atom. The lowest BCUT2D eigenvalue weighted by atomic mass is 10.0. The van der Waals surface area contributed by atoms with Crippen molar-refractivity contribution >= 4 is 17.4 Å². The SMILES string of the molecule is NCc1ccnc(N2CCCc3ccccc3C2)c1Cl. The molecule has 20 heavy (non-hydrogen) atoms. The molecule has 0 bridgehead atoms. The Hall–Kier alpha value is -1.58. The van der Waals surface area contributed by atoms with Crippen LogP contribution in [0.5, 0.6) is 0 Å². The van der Waals surface area contributed by atoms with Gasteiger partial charge >= 0.3 is 0 Å². The van der Waals surface area contributed by atoms with Gasteiger partial charge in [0.1, 0.15) is 5.82 Å². The third-order valence-electron chi connectivity index (χ3n) is 3.82. The molecule has 0 spiro atoms. The van der Waals surface area contributed by atoms with Gasteiger partial charge in [0.25, 0.3) is 0 Å². The quantitative estimate of drug-likeness (QED) is 0.923.